The highest BCUT2D eigenvalue weighted by atomic mass is 16.5. The molecule has 3 aromatic rings. The molecule has 27 heavy (non-hydrogen) atoms. The third-order valence-electron chi connectivity index (χ3n) is 5.43. The van der Waals surface area contributed by atoms with Gasteiger partial charge >= 0.3 is 0 Å². The number of nitrogens with one attached hydrogen (secondary N) is 1. The van der Waals surface area contributed by atoms with Gasteiger partial charge in [-0.15, -0.1) is 0 Å². The Morgan fingerprint density at radius 2 is 2.11 bits per heavy atom. The number of aromatic nitrogens is 4. The van der Waals surface area contributed by atoms with Crippen molar-refractivity contribution >= 4 is 28.8 Å². The van der Waals surface area contributed by atoms with E-state index < -0.39 is 0 Å². The van der Waals surface area contributed by atoms with Crippen LogP contribution in [0, 0.1) is 5.92 Å². The second kappa shape index (κ2) is 7.08. The van der Waals surface area contributed by atoms with Gasteiger partial charge in [-0.1, -0.05) is 6.07 Å². The first kappa shape index (κ1) is 16.4. The van der Waals surface area contributed by atoms with Gasteiger partial charge in [-0.25, -0.2) is 15.0 Å². The lowest BCUT2D eigenvalue weighted by atomic mass is 9.96. The Balaban J connectivity index is 1.40. The third-order valence-corrected chi connectivity index (χ3v) is 5.43. The van der Waals surface area contributed by atoms with Crippen molar-refractivity contribution in [1.29, 1.82) is 0 Å². The van der Waals surface area contributed by atoms with Crippen molar-refractivity contribution in [2.75, 3.05) is 31.2 Å². The summed E-state index contributed by atoms with van der Waals surface area (Å²) >= 11 is 0. The van der Waals surface area contributed by atoms with Crippen molar-refractivity contribution in [2.24, 2.45) is 10.9 Å². The minimum Gasteiger partial charge on any atom is -0.381 e. The fraction of sp³-hybridized carbons (Fsp3) is 0.400. The number of aliphatic imine (C=N–C) groups is 1. The van der Waals surface area contributed by atoms with Gasteiger partial charge in [0.25, 0.3) is 0 Å². The maximum atomic E-state index is 5.47. The van der Waals surface area contributed by atoms with Gasteiger partial charge < -0.3 is 9.64 Å². The van der Waals surface area contributed by atoms with E-state index in [9.17, 15) is 0 Å². The van der Waals surface area contributed by atoms with Gasteiger partial charge in [0.1, 0.15) is 0 Å². The summed E-state index contributed by atoms with van der Waals surface area (Å²) in [5.74, 6) is 2.33. The molecule has 5 rings (SSSR count). The number of hydrogen-bond acceptors (Lipinski definition) is 6. The second-order valence-corrected chi connectivity index (χ2v) is 7.18. The van der Waals surface area contributed by atoms with E-state index in [0.717, 1.165) is 79.5 Å². The van der Waals surface area contributed by atoms with Crippen LogP contribution in [0.4, 0.5) is 11.6 Å². The van der Waals surface area contributed by atoms with E-state index in [4.69, 9.17) is 9.72 Å². The largest absolute Gasteiger partial charge is 0.381 e. The number of fused-ring (bicyclic) bond motifs is 2. The Kier molecular flexibility index (Phi) is 4.29. The number of benzene rings is 1. The fourth-order valence-corrected chi connectivity index (χ4v) is 3.80. The molecule has 1 saturated heterocycles. The monoisotopic (exact) mass is 362 g/mol. The number of ether oxygens (including phenoxy) is 1. The molecule has 0 saturated carbocycles. The van der Waals surface area contributed by atoms with E-state index in [0.29, 0.717) is 5.82 Å². The molecule has 138 valence electrons. The van der Waals surface area contributed by atoms with Crippen LogP contribution in [0.3, 0.4) is 0 Å². The van der Waals surface area contributed by atoms with Gasteiger partial charge in [0.15, 0.2) is 11.6 Å². The molecule has 0 bridgehead atoms. The summed E-state index contributed by atoms with van der Waals surface area (Å²) in [5, 5.41) is 8.14. The third kappa shape index (κ3) is 3.30. The van der Waals surface area contributed by atoms with Gasteiger partial charge in [-0.2, -0.15) is 5.10 Å². The average Bonchev–Trinajstić information content (AvgIpc) is 3.20. The van der Waals surface area contributed by atoms with E-state index in [1.807, 2.05) is 18.5 Å². The molecule has 7 heteroatoms. The Morgan fingerprint density at radius 3 is 3.04 bits per heavy atom. The molecule has 7 nitrogen and oxygen atoms in total. The molecule has 2 aliphatic rings. The topological polar surface area (TPSA) is 79.3 Å². The van der Waals surface area contributed by atoms with Gasteiger partial charge in [0.05, 0.1) is 30.1 Å². The Morgan fingerprint density at radius 1 is 1.19 bits per heavy atom. The quantitative estimate of drug-likeness (QED) is 0.770. The molecule has 0 unspecified atom stereocenters. The van der Waals surface area contributed by atoms with Crippen molar-refractivity contribution in [3.05, 3.63) is 30.6 Å². The molecular weight excluding hydrogens is 340 g/mol. The molecule has 1 N–H and O–H groups in total. The van der Waals surface area contributed by atoms with Gasteiger partial charge in [-0.05, 0) is 37.3 Å². The van der Waals surface area contributed by atoms with Crippen molar-refractivity contribution < 1.29 is 4.74 Å². The van der Waals surface area contributed by atoms with Crippen LogP contribution in [0.1, 0.15) is 19.3 Å². The van der Waals surface area contributed by atoms with E-state index in [1.54, 1.807) is 6.20 Å². The number of rotatable bonds is 4. The zero-order valence-electron chi connectivity index (χ0n) is 15.1. The van der Waals surface area contributed by atoms with Crippen molar-refractivity contribution in [3.8, 4) is 11.3 Å². The predicted molar refractivity (Wildman–Crippen MR) is 106 cm³/mol. The lowest BCUT2D eigenvalue weighted by Gasteiger charge is -2.29. The van der Waals surface area contributed by atoms with Crippen LogP contribution in [0.25, 0.3) is 22.2 Å². The maximum Gasteiger partial charge on any atom is 0.195 e. The molecule has 0 aliphatic carbocycles. The first-order valence-corrected chi connectivity index (χ1v) is 9.52. The zero-order chi connectivity index (χ0) is 18.1. The number of H-pyrrole nitrogens is 1. The van der Waals surface area contributed by atoms with Gasteiger partial charge in [0, 0.05) is 36.9 Å². The standard InChI is InChI=1S/C20H22N6O/c1-2-17-16(12-23-25-17)11-15(1)18-13-22-19-20(24-18)26(8-6-21-19)7-3-14-4-9-27-10-5-14/h1-2,6,11-14H,3-5,7-10H2,(H,23,25). The Labute approximate surface area is 157 Å². The molecule has 2 aliphatic heterocycles. The summed E-state index contributed by atoms with van der Waals surface area (Å²) in [6.45, 7) is 3.55. The highest BCUT2D eigenvalue weighted by Crippen LogP contribution is 2.31. The van der Waals surface area contributed by atoms with Crippen molar-refractivity contribution in [2.45, 2.75) is 19.3 Å². The van der Waals surface area contributed by atoms with Crippen molar-refractivity contribution in [1.82, 2.24) is 20.2 Å². The average molecular weight is 362 g/mol. The Bertz CT molecular complexity index is 976. The van der Waals surface area contributed by atoms with E-state index >= 15 is 0 Å². The lowest BCUT2D eigenvalue weighted by molar-refractivity contribution is 0.0645. The van der Waals surface area contributed by atoms with E-state index in [-0.39, 0.29) is 0 Å². The van der Waals surface area contributed by atoms with Gasteiger partial charge in [-0.3, -0.25) is 5.10 Å². The van der Waals surface area contributed by atoms with Crippen LogP contribution >= 0.6 is 0 Å². The molecular formula is C20H22N6O. The van der Waals surface area contributed by atoms with Crippen LogP contribution in [0.5, 0.6) is 0 Å². The fourth-order valence-electron chi connectivity index (χ4n) is 3.80. The highest BCUT2D eigenvalue weighted by molar-refractivity contribution is 5.84. The molecule has 4 heterocycles. The van der Waals surface area contributed by atoms with Crippen LogP contribution in [-0.4, -0.2) is 52.7 Å². The first-order chi connectivity index (χ1) is 13.4. The predicted octanol–water partition coefficient (Wildman–Crippen LogP) is 3.36. The number of nitrogens with zero attached hydrogens (tertiary/aromatic N) is 5. The number of aromatic amines is 1. The minimum absolute atomic E-state index is 0.710. The summed E-state index contributed by atoms with van der Waals surface area (Å²) in [6.07, 6.45) is 9.03. The second-order valence-electron chi connectivity index (χ2n) is 7.18. The SMILES string of the molecule is C1=Nc2ncc(-c3ccc4[nH]ncc4c3)nc2N(CCC2CCOCC2)C1. The smallest absolute Gasteiger partial charge is 0.195 e. The maximum absolute atomic E-state index is 5.47. The lowest BCUT2D eigenvalue weighted by Crippen LogP contribution is -2.31. The molecule has 1 aromatic carbocycles. The van der Waals surface area contributed by atoms with Gasteiger partial charge in [0.2, 0.25) is 0 Å². The van der Waals surface area contributed by atoms with Crippen molar-refractivity contribution in [3.63, 3.8) is 0 Å². The summed E-state index contributed by atoms with van der Waals surface area (Å²) in [6, 6.07) is 6.17. The minimum atomic E-state index is 0.710. The van der Waals surface area contributed by atoms with Crippen LogP contribution in [0.15, 0.2) is 35.6 Å². The summed E-state index contributed by atoms with van der Waals surface area (Å²) < 4.78 is 5.47. The molecule has 1 fully saturated rings. The molecule has 0 atom stereocenters. The normalized spacial score (nSPS) is 17.4. The molecule has 2 aromatic heterocycles. The summed E-state index contributed by atoms with van der Waals surface area (Å²) in [5.41, 5.74) is 2.93. The number of anilines is 1. The van der Waals surface area contributed by atoms with E-state index in [2.05, 4.69) is 37.2 Å². The Hall–Kier alpha value is -2.80. The van der Waals surface area contributed by atoms with Crippen LogP contribution in [-0.2, 0) is 4.74 Å². The highest BCUT2D eigenvalue weighted by Gasteiger charge is 2.21. The van der Waals surface area contributed by atoms with E-state index in [1.165, 1.54) is 0 Å². The molecule has 0 spiro atoms. The molecule has 0 radical (unpaired) electrons. The van der Waals surface area contributed by atoms with Crippen LogP contribution in [0.2, 0.25) is 0 Å². The molecule has 0 amide bonds. The zero-order valence-corrected chi connectivity index (χ0v) is 15.1. The van der Waals surface area contributed by atoms with Crippen LogP contribution < -0.4 is 4.90 Å². The summed E-state index contributed by atoms with van der Waals surface area (Å²) in [4.78, 5) is 16.2. The summed E-state index contributed by atoms with van der Waals surface area (Å²) in [7, 11) is 0. The first-order valence-electron chi connectivity index (χ1n) is 9.52. The number of hydrogen-bond donors (Lipinski definition) is 1.